The minimum Gasteiger partial charge on any atom is -0.282 e. The Morgan fingerprint density at radius 2 is 1.75 bits per heavy atom. The summed E-state index contributed by atoms with van der Waals surface area (Å²) in [4.78, 5) is 12.8. The SMILES string of the molecule is Cn1c(C2CCN(S(C)(=O)=O)CC2)nn(Cc2cccc3ccccc23)c1=O. The minimum atomic E-state index is -3.17. The number of sulfonamides is 1. The molecule has 0 bridgehead atoms. The van der Waals surface area contributed by atoms with E-state index in [0.29, 0.717) is 32.5 Å². The largest absolute Gasteiger partial charge is 0.345 e. The van der Waals surface area contributed by atoms with Crippen LogP contribution in [0.15, 0.2) is 47.3 Å². The summed E-state index contributed by atoms with van der Waals surface area (Å²) < 4.78 is 28.0. The maximum atomic E-state index is 12.8. The summed E-state index contributed by atoms with van der Waals surface area (Å²) in [6.45, 7) is 1.35. The van der Waals surface area contributed by atoms with E-state index in [2.05, 4.69) is 23.3 Å². The maximum Gasteiger partial charge on any atom is 0.345 e. The molecule has 148 valence electrons. The summed E-state index contributed by atoms with van der Waals surface area (Å²) >= 11 is 0. The Morgan fingerprint density at radius 3 is 2.46 bits per heavy atom. The quantitative estimate of drug-likeness (QED) is 0.670. The number of aromatic nitrogens is 3. The van der Waals surface area contributed by atoms with Crippen LogP contribution in [0.5, 0.6) is 0 Å². The van der Waals surface area contributed by atoms with Gasteiger partial charge in [0.2, 0.25) is 10.0 Å². The molecule has 7 nitrogen and oxygen atoms in total. The molecule has 0 amide bonds. The zero-order chi connectivity index (χ0) is 19.9. The van der Waals surface area contributed by atoms with E-state index in [1.54, 1.807) is 11.6 Å². The van der Waals surface area contributed by atoms with Gasteiger partial charge in [-0.1, -0.05) is 42.5 Å². The first-order valence-electron chi connectivity index (χ1n) is 9.40. The monoisotopic (exact) mass is 400 g/mol. The van der Waals surface area contributed by atoms with E-state index < -0.39 is 10.0 Å². The van der Waals surface area contributed by atoms with E-state index in [9.17, 15) is 13.2 Å². The Kier molecular flexibility index (Phi) is 4.84. The van der Waals surface area contributed by atoms with Crippen molar-refractivity contribution in [3.63, 3.8) is 0 Å². The molecule has 0 radical (unpaired) electrons. The number of benzene rings is 2. The molecule has 2 heterocycles. The van der Waals surface area contributed by atoms with Gasteiger partial charge in [-0.25, -0.2) is 22.2 Å². The Hall–Kier alpha value is -2.45. The minimum absolute atomic E-state index is 0.0875. The van der Waals surface area contributed by atoms with Gasteiger partial charge in [0.25, 0.3) is 0 Å². The number of fused-ring (bicyclic) bond motifs is 1. The molecule has 0 atom stereocenters. The average Bonchev–Trinajstić information content (AvgIpc) is 2.96. The van der Waals surface area contributed by atoms with E-state index in [0.717, 1.165) is 22.2 Å². The smallest absolute Gasteiger partial charge is 0.282 e. The molecule has 0 aliphatic carbocycles. The van der Waals surface area contributed by atoms with Crippen molar-refractivity contribution in [2.45, 2.75) is 25.3 Å². The van der Waals surface area contributed by atoms with Gasteiger partial charge in [-0.3, -0.25) is 4.57 Å². The molecule has 3 aromatic rings. The zero-order valence-corrected chi connectivity index (χ0v) is 16.9. The van der Waals surface area contributed by atoms with Crippen LogP contribution in [-0.4, -0.2) is 46.4 Å². The fourth-order valence-corrected chi connectivity index (χ4v) is 4.87. The van der Waals surface area contributed by atoms with E-state index in [1.807, 2.05) is 24.3 Å². The highest BCUT2D eigenvalue weighted by Crippen LogP contribution is 2.27. The molecule has 8 heteroatoms. The van der Waals surface area contributed by atoms with Crippen LogP contribution < -0.4 is 5.69 Å². The Balaban J connectivity index is 1.60. The van der Waals surface area contributed by atoms with E-state index in [1.165, 1.54) is 15.2 Å². The van der Waals surface area contributed by atoms with Crippen LogP contribution in [0.25, 0.3) is 10.8 Å². The lowest BCUT2D eigenvalue weighted by Crippen LogP contribution is -2.37. The standard InChI is InChI=1S/C20H24N4O3S/c1-22-19(16-10-12-23(13-11-16)28(2,26)27)21-24(20(22)25)14-17-8-5-7-15-6-3-4-9-18(15)17/h3-9,16H,10-14H2,1-2H3. The fraction of sp³-hybridized carbons (Fsp3) is 0.400. The summed E-state index contributed by atoms with van der Waals surface area (Å²) in [7, 11) is -1.42. The lowest BCUT2D eigenvalue weighted by Gasteiger charge is -2.29. The van der Waals surface area contributed by atoms with Crippen LogP contribution in [0, 0.1) is 0 Å². The molecule has 0 unspecified atom stereocenters. The Bertz CT molecular complexity index is 1170. The summed E-state index contributed by atoms with van der Waals surface area (Å²) in [5.74, 6) is 0.822. The van der Waals surface area contributed by atoms with Crippen molar-refractivity contribution in [2.24, 2.45) is 7.05 Å². The van der Waals surface area contributed by atoms with Crippen LogP contribution in [0.2, 0.25) is 0 Å². The highest BCUT2D eigenvalue weighted by Gasteiger charge is 2.29. The third-order valence-electron chi connectivity index (χ3n) is 5.56. The second-order valence-corrected chi connectivity index (χ2v) is 9.41. The third-order valence-corrected chi connectivity index (χ3v) is 6.87. The average molecular weight is 401 g/mol. The Labute approximate surface area is 164 Å². The molecule has 1 saturated heterocycles. The van der Waals surface area contributed by atoms with Crippen LogP contribution in [0.4, 0.5) is 0 Å². The first-order valence-corrected chi connectivity index (χ1v) is 11.2. The normalized spacial score (nSPS) is 16.6. The predicted molar refractivity (Wildman–Crippen MR) is 109 cm³/mol. The van der Waals surface area contributed by atoms with Gasteiger partial charge < -0.3 is 0 Å². The number of piperidine rings is 1. The molecule has 1 fully saturated rings. The lowest BCUT2D eigenvalue weighted by molar-refractivity contribution is 0.311. The lowest BCUT2D eigenvalue weighted by atomic mass is 9.97. The number of nitrogens with zero attached hydrogens (tertiary/aromatic N) is 4. The van der Waals surface area contributed by atoms with Crippen molar-refractivity contribution in [3.8, 4) is 0 Å². The van der Waals surface area contributed by atoms with Gasteiger partial charge in [-0.05, 0) is 29.2 Å². The first-order chi connectivity index (χ1) is 13.3. The van der Waals surface area contributed by atoms with Gasteiger partial charge in [-0.2, -0.15) is 5.10 Å². The molecule has 28 heavy (non-hydrogen) atoms. The van der Waals surface area contributed by atoms with Crippen molar-refractivity contribution < 1.29 is 8.42 Å². The first kappa shape index (κ1) is 18.9. The van der Waals surface area contributed by atoms with Gasteiger partial charge >= 0.3 is 5.69 Å². The molecule has 1 aromatic heterocycles. The Morgan fingerprint density at radius 1 is 1.07 bits per heavy atom. The molecule has 0 N–H and O–H groups in total. The highest BCUT2D eigenvalue weighted by atomic mass is 32.2. The molecule has 1 aliphatic heterocycles. The zero-order valence-electron chi connectivity index (χ0n) is 16.1. The van der Waals surface area contributed by atoms with Crippen molar-refractivity contribution in [2.75, 3.05) is 19.3 Å². The predicted octanol–water partition coefficient (Wildman–Crippen LogP) is 1.92. The van der Waals surface area contributed by atoms with Gasteiger partial charge in [0.15, 0.2) is 0 Å². The summed E-state index contributed by atoms with van der Waals surface area (Å²) in [6.07, 6.45) is 2.58. The molecule has 2 aromatic carbocycles. The van der Waals surface area contributed by atoms with Gasteiger partial charge in [0, 0.05) is 26.1 Å². The molecule has 1 aliphatic rings. The van der Waals surface area contributed by atoms with Gasteiger partial charge in [-0.15, -0.1) is 0 Å². The number of hydrogen-bond donors (Lipinski definition) is 0. The van der Waals surface area contributed by atoms with Crippen LogP contribution in [-0.2, 0) is 23.6 Å². The highest BCUT2D eigenvalue weighted by molar-refractivity contribution is 7.88. The molecular weight excluding hydrogens is 376 g/mol. The van der Waals surface area contributed by atoms with Crippen molar-refractivity contribution in [1.82, 2.24) is 18.7 Å². The van der Waals surface area contributed by atoms with Crippen LogP contribution in [0.3, 0.4) is 0 Å². The third kappa shape index (κ3) is 3.49. The van der Waals surface area contributed by atoms with E-state index in [-0.39, 0.29) is 11.6 Å². The van der Waals surface area contributed by atoms with E-state index >= 15 is 0 Å². The number of rotatable bonds is 4. The van der Waals surface area contributed by atoms with Crippen molar-refractivity contribution in [1.29, 1.82) is 0 Å². The molecule has 0 saturated carbocycles. The maximum absolute atomic E-state index is 12.8. The molecular formula is C20H24N4O3S. The van der Waals surface area contributed by atoms with Gasteiger partial charge in [0.1, 0.15) is 5.82 Å². The summed E-state index contributed by atoms with van der Waals surface area (Å²) in [5.41, 5.74) is 0.908. The second kappa shape index (κ2) is 7.18. The van der Waals surface area contributed by atoms with Crippen molar-refractivity contribution >= 4 is 20.8 Å². The van der Waals surface area contributed by atoms with Crippen LogP contribution >= 0.6 is 0 Å². The van der Waals surface area contributed by atoms with E-state index in [4.69, 9.17) is 0 Å². The van der Waals surface area contributed by atoms with Gasteiger partial charge in [0.05, 0.1) is 12.8 Å². The topological polar surface area (TPSA) is 77.2 Å². The summed E-state index contributed by atoms with van der Waals surface area (Å²) in [5, 5.41) is 6.87. The molecule has 0 spiro atoms. The summed E-state index contributed by atoms with van der Waals surface area (Å²) in [6, 6.07) is 14.2. The molecule has 4 rings (SSSR count). The fourth-order valence-electron chi connectivity index (χ4n) is 4.00. The van der Waals surface area contributed by atoms with Crippen molar-refractivity contribution in [3.05, 3.63) is 64.3 Å². The number of hydrogen-bond acceptors (Lipinski definition) is 4. The van der Waals surface area contributed by atoms with Crippen LogP contribution in [0.1, 0.15) is 30.1 Å². The second-order valence-electron chi connectivity index (χ2n) is 7.43.